The van der Waals surface area contributed by atoms with Gasteiger partial charge < -0.3 is 10.8 Å². The van der Waals surface area contributed by atoms with Crippen LogP contribution in [0.1, 0.15) is 24.0 Å². The second-order valence-electron chi connectivity index (χ2n) is 3.87. The molecule has 76 valence electrons. The molecule has 2 nitrogen and oxygen atoms in total. The standard InChI is InChI=1S/C10H11BrFNO/c1-5-4-6(12)9(14)7(8(5)11)10(13)2-3-10/h4,14H,2-3,13H2,1H3. The molecule has 1 aromatic carbocycles. The largest absolute Gasteiger partial charge is 0.505 e. The first kappa shape index (κ1) is 9.93. The topological polar surface area (TPSA) is 46.2 Å². The van der Waals surface area contributed by atoms with Crippen LogP contribution in [0.15, 0.2) is 10.5 Å². The highest BCUT2D eigenvalue weighted by Gasteiger charge is 2.44. The first-order chi connectivity index (χ1) is 6.46. The predicted molar refractivity (Wildman–Crippen MR) is 55.6 cm³/mol. The van der Waals surface area contributed by atoms with Gasteiger partial charge in [0.1, 0.15) is 0 Å². The minimum absolute atomic E-state index is 0.317. The summed E-state index contributed by atoms with van der Waals surface area (Å²) in [6.45, 7) is 1.78. The van der Waals surface area contributed by atoms with Gasteiger partial charge in [0.25, 0.3) is 0 Å². The molecule has 1 fully saturated rings. The van der Waals surface area contributed by atoms with Crippen LogP contribution in [0.2, 0.25) is 0 Å². The van der Waals surface area contributed by atoms with Gasteiger partial charge in [-0.05, 0) is 31.4 Å². The molecule has 0 bridgehead atoms. The summed E-state index contributed by atoms with van der Waals surface area (Å²) in [7, 11) is 0. The van der Waals surface area contributed by atoms with E-state index in [1.807, 2.05) is 0 Å². The smallest absolute Gasteiger partial charge is 0.165 e. The highest BCUT2D eigenvalue weighted by atomic mass is 79.9. The van der Waals surface area contributed by atoms with Crippen molar-refractivity contribution in [1.29, 1.82) is 0 Å². The van der Waals surface area contributed by atoms with E-state index in [0.717, 1.165) is 22.9 Å². The van der Waals surface area contributed by atoms with Crippen LogP contribution in [-0.2, 0) is 5.54 Å². The van der Waals surface area contributed by atoms with Crippen LogP contribution >= 0.6 is 15.9 Å². The molecular weight excluding hydrogens is 249 g/mol. The van der Waals surface area contributed by atoms with Gasteiger partial charge in [0, 0.05) is 15.6 Å². The second-order valence-corrected chi connectivity index (χ2v) is 4.66. The molecule has 0 unspecified atom stereocenters. The van der Waals surface area contributed by atoms with E-state index in [4.69, 9.17) is 5.73 Å². The monoisotopic (exact) mass is 259 g/mol. The zero-order chi connectivity index (χ0) is 10.5. The van der Waals surface area contributed by atoms with Gasteiger partial charge in [-0.2, -0.15) is 0 Å². The summed E-state index contributed by atoms with van der Waals surface area (Å²) in [5, 5.41) is 9.59. The van der Waals surface area contributed by atoms with Gasteiger partial charge in [0.05, 0.1) is 0 Å². The van der Waals surface area contributed by atoms with Crippen molar-refractivity contribution >= 4 is 15.9 Å². The Bertz CT molecular complexity index is 375. The molecule has 14 heavy (non-hydrogen) atoms. The third-order valence-corrected chi connectivity index (χ3v) is 3.68. The van der Waals surface area contributed by atoms with Gasteiger partial charge in [-0.15, -0.1) is 0 Å². The third kappa shape index (κ3) is 1.33. The van der Waals surface area contributed by atoms with Gasteiger partial charge in [-0.25, -0.2) is 4.39 Å². The summed E-state index contributed by atoms with van der Waals surface area (Å²) in [6, 6.07) is 1.30. The Hall–Kier alpha value is -0.610. The molecule has 0 aliphatic heterocycles. The highest BCUT2D eigenvalue weighted by molar-refractivity contribution is 9.10. The number of aromatic hydroxyl groups is 1. The predicted octanol–water partition coefficient (Wildman–Crippen LogP) is 2.55. The van der Waals surface area contributed by atoms with Crippen molar-refractivity contribution in [3.8, 4) is 5.75 Å². The van der Waals surface area contributed by atoms with Crippen LogP contribution < -0.4 is 5.73 Å². The van der Waals surface area contributed by atoms with Crippen LogP contribution in [-0.4, -0.2) is 5.11 Å². The first-order valence-electron chi connectivity index (χ1n) is 4.42. The fourth-order valence-corrected chi connectivity index (χ4v) is 2.28. The first-order valence-corrected chi connectivity index (χ1v) is 5.22. The molecule has 3 N–H and O–H groups in total. The van der Waals surface area contributed by atoms with E-state index < -0.39 is 11.4 Å². The van der Waals surface area contributed by atoms with Crippen molar-refractivity contribution in [3.63, 3.8) is 0 Å². The van der Waals surface area contributed by atoms with Crippen molar-refractivity contribution in [2.75, 3.05) is 0 Å². The van der Waals surface area contributed by atoms with Gasteiger partial charge in [-0.1, -0.05) is 15.9 Å². The number of phenols is 1. The minimum Gasteiger partial charge on any atom is -0.505 e. The summed E-state index contributed by atoms with van der Waals surface area (Å²) in [6.07, 6.45) is 1.59. The number of nitrogens with two attached hydrogens (primary N) is 1. The van der Waals surface area contributed by atoms with E-state index >= 15 is 0 Å². The third-order valence-electron chi connectivity index (χ3n) is 2.66. The Kier molecular flexibility index (Phi) is 2.08. The van der Waals surface area contributed by atoms with Crippen LogP contribution in [0.4, 0.5) is 4.39 Å². The summed E-state index contributed by atoms with van der Waals surface area (Å²) in [5.74, 6) is -0.917. The van der Waals surface area contributed by atoms with Crippen molar-refractivity contribution in [1.82, 2.24) is 0 Å². The average molecular weight is 260 g/mol. The lowest BCUT2D eigenvalue weighted by molar-refractivity contribution is 0.417. The van der Waals surface area contributed by atoms with Crippen molar-refractivity contribution < 1.29 is 9.50 Å². The number of aryl methyl sites for hydroxylation is 1. The lowest BCUT2D eigenvalue weighted by atomic mass is 10.0. The second kappa shape index (κ2) is 2.94. The van der Waals surface area contributed by atoms with Gasteiger partial charge in [0.15, 0.2) is 11.6 Å². The van der Waals surface area contributed by atoms with Gasteiger partial charge >= 0.3 is 0 Å². The minimum atomic E-state index is -0.600. The summed E-state index contributed by atoms with van der Waals surface area (Å²) in [4.78, 5) is 0. The van der Waals surface area contributed by atoms with Crippen LogP contribution in [0.3, 0.4) is 0 Å². The molecule has 0 saturated heterocycles. The molecule has 0 heterocycles. The molecule has 1 aliphatic rings. The van der Waals surface area contributed by atoms with Gasteiger partial charge in [-0.3, -0.25) is 0 Å². The summed E-state index contributed by atoms with van der Waals surface area (Å²) < 4.78 is 14.0. The molecule has 0 amide bonds. The summed E-state index contributed by atoms with van der Waals surface area (Å²) in [5.41, 5.74) is 6.68. The molecule has 0 spiro atoms. The SMILES string of the molecule is Cc1cc(F)c(O)c(C2(N)CC2)c1Br. The number of benzene rings is 1. The number of rotatable bonds is 1. The van der Waals surface area contributed by atoms with Crippen molar-refractivity contribution in [2.45, 2.75) is 25.3 Å². The van der Waals surface area contributed by atoms with Gasteiger partial charge in [0.2, 0.25) is 0 Å². The van der Waals surface area contributed by atoms with Crippen LogP contribution in [0.25, 0.3) is 0 Å². The molecule has 1 aromatic rings. The summed E-state index contributed by atoms with van der Waals surface area (Å²) >= 11 is 3.33. The van der Waals surface area contributed by atoms with E-state index in [-0.39, 0.29) is 5.75 Å². The van der Waals surface area contributed by atoms with Crippen LogP contribution in [0, 0.1) is 12.7 Å². The lowest BCUT2D eigenvalue weighted by Crippen LogP contribution is -2.20. The Morgan fingerprint density at radius 1 is 1.57 bits per heavy atom. The van der Waals surface area contributed by atoms with E-state index in [0.29, 0.717) is 5.56 Å². The molecule has 1 aliphatic carbocycles. The fourth-order valence-electron chi connectivity index (χ4n) is 1.58. The maximum atomic E-state index is 13.3. The Morgan fingerprint density at radius 2 is 2.14 bits per heavy atom. The fraction of sp³-hybridized carbons (Fsp3) is 0.400. The van der Waals surface area contributed by atoms with Crippen LogP contribution in [0.5, 0.6) is 5.75 Å². The molecule has 0 radical (unpaired) electrons. The molecule has 4 heteroatoms. The number of hydrogen-bond donors (Lipinski definition) is 2. The molecule has 2 rings (SSSR count). The van der Waals surface area contributed by atoms with E-state index in [9.17, 15) is 9.50 Å². The molecule has 1 saturated carbocycles. The Labute approximate surface area is 90.1 Å². The van der Waals surface area contributed by atoms with E-state index in [2.05, 4.69) is 15.9 Å². The molecule has 0 aromatic heterocycles. The zero-order valence-electron chi connectivity index (χ0n) is 7.77. The number of hydrogen-bond acceptors (Lipinski definition) is 2. The van der Waals surface area contributed by atoms with E-state index in [1.54, 1.807) is 6.92 Å². The Balaban J connectivity index is 2.68. The number of phenolic OH excluding ortho intramolecular Hbond substituents is 1. The maximum Gasteiger partial charge on any atom is 0.165 e. The number of halogens is 2. The molecule has 0 atom stereocenters. The maximum absolute atomic E-state index is 13.3. The lowest BCUT2D eigenvalue weighted by Gasteiger charge is -2.16. The molecular formula is C10H11BrFNO. The zero-order valence-corrected chi connectivity index (χ0v) is 9.36. The quantitative estimate of drug-likeness (QED) is 0.815. The highest BCUT2D eigenvalue weighted by Crippen LogP contribution is 2.50. The van der Waals surface area contributed by atoms with Crippen molar-refractivity contribution in [3.05, 3.63) is 27.5 Å². The van der Waals surface area contributed by atoms with Crippen molar-refractivity contribution in [2.24, 2.45) is 5.73 Å². The Morgan fingerprint density at radius 3 is 2.64 bits per heavy atom. The normalized spacial score (nSPS) is 18.3. The average Bonchev–Trinajstić information content (AvgIpc) is 2.81. The van der Waals surface area contributed by atoms with E-state index in [1.165, 1.54) is 6.07 Å².